The summed E-state index contributed by atoms with van der Waals surface area (Å²) in [5, 5.41) is 3.01. The SMILES string of the molecule is COc1ccc([C@@H]2[C@@H](C(=O)NCCc3ccc(C)o3)CCC(=O)N2C)cc1. The fourth-order valence-corrected chi connectivity index (χ4v) is 3.63. The van der Waals surface area contributed by atoms with Crippen LogP contribution in [0.15, 0.2) is 40.8 Å². The van der Waals surface area contributed by atoms with E-state index in [0.717, 1.165) is 22.8 Å². The molecule has 1 aliphatic heterocycles. The number of carbonyl (C=O) groups excluding carboxylic acids is 2. The molecule has 6 heteroatoms. The van der Waals surface area contributed by atoms with Crippen molar-refractivity contribution in [3.63, 3.8) is 0 Å². The Labute approximate surface area is 159 Å². The van der Waals surface area contributed by atoms with Crippen molar-refractivity contribution in [1.29, 1.82) is 0 Å². The average Bonchev–Trinajstić information content (AvgIpc) is 3.09. The number of furan rings is 1. The molecule has 27 heavy (non-hydrogen) atoms. The van der Waals surface area contributed by atoms with Crippen molar-refractivity contribution in [3.05, 3.63) is 53.5 Å². The fourth-order valence-electron chi connectivity index (χ4n) is 3.63. The summed E-state index contributed by atoms with van der Waals surface area (Å²) >= 11 is 0. The van der Waals surface area contributed by atoms with Crippen LogP contribution >= 0.6 is 0 Å². The highest BCUT2D eigenvalue weighted by atomic mass is 16.5. The zero-order valence-electron chi connectivity index (χ0n) is 16.0. The highest BCUT2D eigenvalue weighted by Crippen LogP contribution is 2.36. The molecule has 0 aliphatic carbocycles. The molecule has 0 bridgehead atoms. The van der Waals surface area contributed by atoms with Crippen molar-refractivity contribution >= 4 is 11.8 Å². The van der Waals surface area contributed by atoms with Crippen molar-refractivity contribution in [2.75, 3.05) is 20.7 Å². The van der Waals surface area contributed by atoms with Crippen LogP contribution in [-0.2, 0) is 16.0 Å². The second-order valence-electron chi connectivity index (χ2n) is 6.92. The van der Waals surface area contributed by atoms with Gasteiger partial charge in [0.1, 0.15) is 17.3 Å². The molecular weight excluding hydrogens is 344 g/mol. The van der Waals surface area contributed by atoms with E-state index in [2.05, 4.69) is 5.32 Å². The van der Waals surface area contributed by atoms with Crippen molar-refractivity contribution in [2.45, 2.75) is 32.2 Å². The monoisotopic (exact) mass is 370 g/mol. The summed E-state index contributed by atoms with van der Waals surface area (Å²) in [6.07, 6.45) is 1.58. The van der Waals surface area contributed by atoms with Gasteiger partial charge in [-0.05, 0) is 43.2 Å². The summed E-state index contributed by atoms with van der Waals surface area (Å²) in [4.78, 5) is 26.8. The summed E-state index contributed by atoms with van der Waals surface area (Å²) in [6.45, 7) is 2.41. The van der Waals surface area contributed by atoms with Crippen molar-refractivity contribution in [1.82, 2.24) is 10.2 Å². The summed E-state index contributed by atoms with van der Waals surface area (Å²) in [6, 6.07) is 11.1. The topological polar surface area (TPSA) is 71.8 Å². The molecular formula is C21H26N2O4. The first-order valence-electron chi connectivity index (χ1n) is 9.22. The molecule has 0 saturated carbocycles. The predicted octanol–water partition coefficient (Wildman–Crippen LogP) is 2.87. The van der Waals surface area contributed by atoms with E-state index in [9.17, 15) is 9.59 Å². The molecule has 1 fully saturated rings. The van der Waals surface area contributed by atoms with Gasteiger partial charge in [-0.1, -0.05) is 12.1 Å². The van der Waals surface area contributed by atoms with Crippen LogP contribution < -0.4 is 10.1 Å². The van der Waals surface area contributed by atoms with Crippen LogP contribution in [0.4, 0.5) is 0 Å². The average molecular weight is 370 g/mol. The van der Waals surface area contributed by atoms with Gasteiger partial charge in [-0.3, -0.25) is 9.59 Å². The number of likely N-dealkylation sites (tertiary alicyclic amines) is 1. The Morgan fingerprint density at radius 2 is 2.00 bits per heavy atom. The molecule has 0 spiro atoms. The Morgan fingerprint density at radius 3 is 2.63 bits per heavy atom. The van der Waals surface area contributed by atoms with Crippen LogP contribution in [0.5, 0.6) is 5.75 Å². The minimum atomic E-state index is -0.278. The lowest BCUT2D eigenvalue weighted by Gasteiger charge is -2.38. The van der Waals surface area contributed by atoms with E-state index in [1.807, 2.05) is 43.3 Å². The van der Waals surface area contributed by atoms with Gasteiger partial charge in [0.15, 0.2) is 0 Å². The van der Waals surface area contributed by atoms with Crippen LogP contribution in [0.3, 0.4) is 0 Å². The number of benzene rings is 1. The first-order chi connectivity index (χ1) is 13.0. The lowest BCUT2D eigenvalue weighted by Crippen LogP contribution is -2.46. The molecule has 6 nitrogen and oxygen atoms in total. The van der Waals surface area contributed by atoms with Gasteiger partial charge in [0.25, 0.3) is 0 Å². The van der Waals surface area contributed by atoms with Crippen LogP contribution in [0.1, 0.15) is 36.0 Å². The van der Waals surface area contributed by atoms with Gasteiger partial charge in [-0.15, -0.1) is 0 Å². The van der Waals surface area contributed by atoms with E-state index in [4.69, 9.17) is 9.15 Å². The number of hydrogen-bond donors (Lipinski definition) is 1. The quantitative estimate of drug-likeness (QED) is 0.849. The summed E-state index contributed by atoms with van der Waals surface area (Å²) in [7, 11) is 3.38. The van der Waals surface area contributed by atoms with Gasteiger partial charge in [0, 0.05) is 26.4 Å². The zero-order chi connectivity index (χ0) is 19.4. The van der Waals surface area contributed by atoms with Gasteiger partial charge in [-0.25, -0.2) is 0 Å². The first-order valence-corrected chi connectivity index (χ1v) is 9.22. The molecule has 2 aromatic rings. The van der Waals surface area contributed by atoms with Crippen molar-refractivity contribution in [3.8, 4) is 5.75 Å². The van der Waals surface area contributed by atoms with E-state index in [-0.39, 0.29) is 23.8 Å². The largest absolute Gasteiger partial charge is 0.497 e. The number of rotatable bonds is 6. The molecule has 0 unspecified atom stereocenters. The van der Waals surface area contributed by atoms with E-state index in [0.29, 0.717) is 25.8 Å². The summed E-state index contributed by atoms with van der Waals surface area (Å²) < 4.78 is 10.7. The number of piperidine rings is 1. The second-order valence-corrected chi connectivity index (χ2v) is 6.92. The molecule has 1 aliphatic rings. The number of hydrogen-bond acceptors (Lipinski definition) is 4. The van der Waals surface area contributed by atoms with Gasteiger partial charge >= 0.3 is 0 Å². The van der Waals surface area contributed by atoms with E-state index < -0.39 is 0 Å². The fraction of sp³-hybridized carbons (Fsp3) is 0.429. The van der Waals surface area contributed by atoms with Gasteiger partial charge in [0.05, 0.1) is 19.1 Å². The lowest BCUT2D eigenvalue weighted by molar-refractivity contribution is -0.141. The number of carbonyl (C=O) groups is 2. The molecule has 1 N–H and O–H groups in total. The van der Waals surface area contributed by atoms with Crippen LogP contribution in [0, 0.1) is 12.8 Å². The number of amides is 2. The zero-order valence-corrected chi connectivity index (χ0v) is 16.0. The molecule has 1 aromatic heterocycles. The van der Waals surface area contributed by atoms with Crippen LogP contribution in [0.25, 0.3) is 0 Å². The maximum atomic E-state index is 12.8. The summed E-state index contributed by atoms with van der Waals surface area (Å²) in [5.74, 6) is 2.22. The summed E-state index contributed by atoms with van der Waals surface area (Å²) in [5.41, 5.74) is 0.938. The second kappa shape index (κ2) is 8.29. The van der Waals surface area contributed by atoms with Gasteiger partial charge in [0.2, 0.25) is 11.8 Å². The van der Waals surface area contributed by atoms with Crippen LogP contribution in [-0.4, -0.2) is 37.4 Å². The number of aryl methyl sites for hydroxylation is 1. The van der Waals surface area contributed by atoms with Gasteiger partial charge in [-0.2, -0.15) is 0 Å². The minimum absolute atomic E-state index is 0.0292. The molecule has 3 rings (SSSR count). The van der Waals surface area contributed by atoms with E-state index in [1.54, 1.807) is 19.1 Å². The number of nitrogens with zero attached hydrogens (tertiary/aromatic N) is 1. The maximum absolute atomic E-state index is 12.8. The molecule has 144 valence electrons. The Morgan fingerprint density at radius 1 is 1.26 bits per heavy atom. The Hall–Kier alpha value is -2.76. The first kappa shape index (κ1) is 19.0. The molecule has 2 heterocycles. The Kier molecular flexibility index (Phi) is 5.84. The smallest absolute Gasteiger partial charge is 0.225 e. The van der Waals surface area contributed by atoms with Crippen molar-refractivity contribution < 1.29 is 18.7 Å². The highest BCUT2D eigenvalue weighted by Gasteiger charge is 2.38. The third-order valence-electron chi connectivity index (χ3n) is 5.12. The lowest BCUT2D eigenvalue weighted by atomic mass is 9.84. The van der Waals surface area contributed by atoms with Crippen LogP contribution in [0.2, 0.25) is 0 Å². The number of nitrogens with one attached hydrogen (secondary N) is 1. The third-order valence-corrected chi connectivity index (χ3v) is 5.12. The molecule has 1 aromatic carbocycles. The Bertz CT molecular complexity index is 797. The van der Waals surface area contributed by atoms with E-state index in [1.165, 1.54) is 0 Å². The number of methoxy groups -OCH3 is 1. The molecule has 2 atom stereocenters. The molecule has 1 saturated heterocycles. The highest BCUT2D eigenvalue weighted by molar-refractivity contribution is 5.84. The number of ether oxygens (including phenoxy) is 1. The minimum Gasteiger partial charge on any atom is -0.497 e. The maximum Gasteiger partial charge on any atom is 0.225 e. The molecule has 0 radical (unpaired) electrons. The Balaban J connectivity index is 1.69. The third kappa shape index (κ3) is 4.32. The predicted molar refractivity (Wildman–Crippen MR) is 101 cm³/mol. The van der Waals surface area contributed by atoms with E-state index >= 15 is 0 Å². The van der Waals surface area contributed by atoms with Crippen molar-refractivity contribution in [2.24, 2.45) is 5.92 Å². The normalized spacial score (nSPS) is 19.8. The molecule has 2 amide bonds. The standard InChI is InChI=1S/C21H26N2O4/c1-14-4-7-17(27-14)12-13-22-21(25)18-10-11-19(24)23(2)20(18)15-5-8-16(26-3)9-6-15/h4-9,18,20H,10-13H2,1-3H3,(H,22,25)/t18-,20+/m0/s1. The van der Waals surface area contributed by atoms with Gasteiger partial charge < -0.3 is 19.4 Å².